The lowest BCUT2D eigenvalue weighted by Gasteiger charge is -2.21. The Kier molecular flexibility index (Phi) is 4.55. The molecule has 2 rings (SSSR count). The summed E-state index contributed by atoms with van der Waals surface area (Å²) in [5, 5.41) is 12.2. The molecule has 1 aromatic carbocycles. The highest BCUT2D eigenvalue weighted by Crippen LogP contribution is 2.34. The van der Waals surface area contributed by atoms with Gasteiger partial charge in [-0.05, 0) is 36.8 Å². The van der Waals surface area contributed by atoms with Crippen molar-refractivity contribution in [1.82, 2.24) is 5.32 Å². The van der Waals surface area contributed by atoms with Crippen molar-refractivity contribution in [2.45, 2.75) is 45.7 Å². The van der Waals surface area contributed by atoms with E-state index in [1.807, 2.05) is 6.07 Å². The summed E-state index contributed by atoms with van der Waals surface area (Å²) in [5.41, 5.74) is 1.02. The largest absolute Gasteiger partial charge is 0.310 e. The Bertz CT molecular complexity index is 478. The van der Waals surface area contributed by atoms with Gasteiger partial charge in [0.2, 0.25) is 0 Å². The van der Waals surface area contributed by atoms with Crippen molar-refractivity contribution in [2.75, 3.05) is 0 Å². The maximum Gasteiger partial charge on any atom is 0.129 e. The number of hydrogen-bond donors (Lipinski definition) is 1. The maximum atomic E-state index is 13.8. The van der Waals surface area contributed by atoms with E-state index in [9.17, 15) is 4.39 Å². The number of benzene rings is 1. The van der Waals surface area contributed by atoms with E-state index in [2.05, 4.69) is 19.2 Å². The lowest BCUT2D eigenvalue weighted by Crippen LogP contribution is -2.32. The summed E-state index contributed by atoms with van der Waals surface area (Å²) in [6.45, 7) is 5.07. The lowest BCUT2D eigenvalue weighted by molar-refractivity contribution is 0.343. The Morgan fingerprint density at radius 1 is 1.42 bits per heavy atom. The molecule has 1 aliphatic rings. The lowest BCUT2D eigenvalue weighted by atomic mass is 9.93. The first-order valence-electron chi connectivity index (χ1n) is 7.07. The molecule has 2 nitrogen and oxygen atoms in total. The van der Waals surface area contributed by atoms with Crippen molar-refractivity contribution in [3.8, 4) is 6.07 Å². The molecule has 3 unspecified atom stereocenters. The van der Waals surface area contributed by atoms with Crippen LogP contribution >= 0.6 is 0 Å². The first-order chi connectivity index (χ1) is 9.15. The van der Waals surface area contributed by atoms with Gasteiger partial charge in [0.15, 0.2) is 0 Å². The number of rotatable bonds is 4. The second kappa shape index (κ2) is 6.16. The second-order valence-electron chi connectivity index (χ2n) is 5.51. The number of nitriles is 1. The molecule has 102 valence electrons. The summed E-state index contributed by atoms with van der Waals surface area (Å²) < 4.78 is 13.8. The smallest absolute Gasteiger partial charge is 0.129 e. The van der Waals surface area contributed by atoms with E-state index >= 15 is 0 Å². The second-order valence-corrected chi connectivity index (χ2v) is 5.51. The first-order valence-corrected chi connectivity index (χ1v) is 7.07. The van der Waals surface area contributed by atoms with Crippen LogP contribution in [0.25, 0.3) is 0 Å². The van der Waals surface area contributed by atoms with E-state index in [4.69, 9.17) is 5.26 Å². The van der Waals surface area contributed by atoms with Gasteiger partial charge < -0.3 is 5.32 Å². The average Bonchev–Trinajstić information content (AvgIpc) is 2.78. The van der Waals surface area contributed by atoms with Crippen molar-refractivity contribution in [3.63, 3.8) is 0 Å². The van der Waals surface area contributed by atoms with Gasteiger partial charge in [0.25, 0.3) is 0 Å². The molecule has 0 spiro atoms. The standard InChI is InChI=1S/C16H21FN2/c1-3-13-6-7-16(11(13)2)19-10-14-5-4-12(9-18)8-15(14)17/h4-5,8,11,13,16,19H,3,6-7,10H2,1-2H3. The summed E-state index contributed by atoms with van der Waals surface area (Å²) in [5.74, 6) is 1.17. The third kappa shape index (κ3) is 3.13. The molecule has 1 N–H and O–H groups in total. The number of nitrogens with one attached hydrogen (secondary N) is 1. The Hall–Kier alpha value is -1.40. The van der Waals surface area contributed by atoms with E-state index in [1.165, 1.54) is 25.3 Å². The molecule has 3 atom stereocenters. The van der Waals surface area contributed by atoms with Gasteiger partial charge in [-0.3, -0.25) is 0 Å². The summed E-state index contributed by atoms with van der Waals surface area (Å²) in [4.78, 5) is 0. The van der Waals surface area contributed by atoms with E-state index in [-0.39, 0.29) is 5.82 Å². The molecule has 1 fully saturated rings. The number of nitrogens with zero attached hydrogens (tertiary/aromatic N) is 1. The highest BCUT2D eigenvalue weighted by atomic mass is 19.1. The van der Waals surface area contributed by atoms with Crippen LogP contribution in [0.1, 0.15) is 44.2 Å². The predicted molar refractivity (Wildman–Crippen MR) is 73.9 cm³/mol. The van der Waals surface area contributed by atoms with Gasteiger partial charge in [-0.1, -0.05) is 26.3 Å². The molecule has 3 heteroatoms. The van der Waals surface area contributed by atoms with E-state index in [0.717, 1.165) is 5.92 Å². The zero-order chi connectivity index (χ0) is 13.8. The van der Waals surface area contributed by atoms with Crippen LogP contribution in [0.5, 0.6) is 0 Å². The third-order valence-electron chi connectivity index (χ3n) is 4.49. The first kappa shape index (κ1) is 14.0. The van der Waals surface area contributed by atoms with Gasteiger partial charge in [-0.25, -0.2) is 4.39 Å². The van der Waals surface area contributed by atoms with Gasteiger partial charge in [-0.2, -0.15) is 5.26 Å². The molecule has 1 aromatic rings. The SMILES string of the molecule is CCC1CCC(NCc2ccc(C#N)cc2F)C1C. The van der Waals surface area contributed by atoms with Crippen LogP contribution in [0.2, 0.25) is 0 Å². The normalized spacial score (nSPS) is 26.3. The zero-order valence-electron chi connectivity index (χ0n) is 11.6. The van der Waals surface area contributed by atoms with Gasteiger partial charge in [0, 0.05) is 18.2 Å². The maximum absolute atomic E-state index is 13.8. The van der Waals surface area contributed by atoms with Crippen LogP contribution in [-0.4, -0.2) is 6.04 Å². The molecule has 0 radical (unpaired) electrons. The topological polar surface area (TPSA) is 35.8 Å². The average molecular weight is 260 g/mol. The number of halogens is 1. The van der Waals surface area contributed by atoms with E-state index in [0.29, 0.717) is 29.6 Å². The van der Waals surface area contributed by atoms with Crippen LogP contribution in [0, 0.1) is 29.0 Å². The molecule has 0 aromatic heterocycles. The molecular weight excluding hydrogens is 239 g/mol. The third-order valence-corrected chi connectivity index (χ3v) is 4.49. The summed E-state index contributed by atoms with van der Waals surface area (Å²) in [7, 11) is 0. The zero-order valence-corrected chi connectivity index (χ0v) is 11.6. The Morgan fingerprint density at radius 3 is 2.79 bits per heavy atom. The predicted octanol–water partition coefficient (Wildman–Crippen LogP) is 3.61. The molecule has 0 saturated heterocycles. The molecule has 0 heterocycles. The molecule has 1 saturated carbocycles. The van der Waals surface area contributed by atoms with Gasteiger partial charge >= 0.3 is 0 Å². The van der Waals surface area contributed by atoms with Crippen molar-refractivity contribution in [2.24, 2.45) is 11.8 Å². The Balaban J connectivity index is 1.95. The quantitative estimate of drug-likeness (QED) is 0.897. The molecule has 19 heavy (non-hydrogen) atoms. The van der Waals surface area contributed by atoms with Crippen LogP contribution < -0.4 is 5.32 Å². The van der Waals surface area contributed by atoms with Gasteiger partial charge in [0.1, 0.15) is 5.82 Å². The highest BCUT2D eigenvalue weighted by Gasteiger charge is 2.30. The molecule has 0 bridgehead atoms. The molecular formula is C16H21FN2. The fraction of sp³-hybridized carbons (Fsp3) is 0.562. The minimum atomic E-state index is -0.288. The van der Waals surface area contributed by atoms with Crippen LogP contribution in [0.4, 0.5) is 4.39 Å². The van der Waals surface area contributed by atoms with Crippen LogP contribution in [0.15, 0.2) is 18.2 Å². The summed E-state index contributed by atoms with van der Waals surface area (Å²) in [6.07, 6.45) is 3.67. The summed E-state index contributed by atoms with van der Waals surface area (Å²) >= 11 is 0. The fourth-order valence-corrected chi connectivity index (χ4v) is 3.11. The minimum Gasteiger partial charge on any atom is -0.310 e. The Morgan fingerprint density at radius 2 is 2.21 bits per heavy atom. The van der Waals surface area contributed by atoms with E-state index in [1.54, 1.807) is 12.1 Å². The molecule has 0 aliphatic heterocycles. The van der Waals surface area contributed by atoms with Crippen LogP contribution in [0.3, 0.4) is 0 Å². The minimum absolute atomic E-state index is 0.288. The Labute approximate surface area is 114 Å². The van der Waals surface area contributed by atoms with E-state index < -0.39 is 0 Å². The molecule has 1 aliphatic carbocycles. The van der Waals surface area contributed by atoms with Gasteiger partial charge in [-0.15, -0.1) is 0 Å². The van der Waals surface area contributed by atoms with Crippen molar-refractivity contribution < 1.29 is 4.39 Å². The van der Waals surface area contributed by atoms with Crippen molar-refractivity contribution in [3.05, 3.63) is 35.1 Å². The van der Waals surface area contributed by atoms with Crippen molar-refractivity contribution in [1.29, 1.82) is 5.26 Å². The highest BCUT2D eigenvalue weighted by molar-refractivity contribution is 5.32. The number of hydrogen-bond acceptors (Lipinski definition) is 2. The van der Waals surface area contributed by atoms with Gasteiger partial charge in [0.05, 0.1) is 11.6 Å². The van der Waals surface area contributed by atoms with Crippen LogP contribution in [-0.2, 0) is 6.54 Å². The monoisotopic (exact) mass is 260 g/mol. The van der Waals surface area contributed by atoms with Crippen molar-refractivity contribution >= 4 is 0 Å². The summed E-state index contributed by atoms with van der Waals surface area (Å²) in [6, 6.07) is 7.13. The fourth-order valence-electron chi connectivity index (χ4n) is 3.11. The molecule has 0 amide bonds.